The molecule has 12 nitrogen and oxygen atoms in total. The summed E-state index contributed by atoms with van der Waals surface area (Å²) in [6.07, 6.45) is 30.1. The molecule has 13 heteroatoms. The van der Waals surface area contributed by atoms with E-state index in [9.17, 15) is 28.5 Å². The number of carbonyl (C=O) groups excluding carboxylic acids is 1. The van der Waals surface area contributed by atoms with Crippen LogP contribution in [0, 0.1) is 0 Å². The van der Waals surface area contributed by atoms with Crippen LogP contribution < -0.4 is 0 Å². The highest BCUT2D eigenvalue weighted by Gasteiger charge is 2.48. The molecule has 1 heterocycles. The molecule has 1 fully saturated rings. The fourth-order valence-corrected chi connectivity index (χ4v) is 6.58. The van der Waals surface area contributed by atoms with E-state index in [4.69, 9.17) is 23.5 Å². The maximum atomic E-state index is 12.8. The normalized spacial score (nSPS) is 21.5. The zero-order chi connectivity index (χ0) is 40.4. The van der Waals surface area contributed by atoms with E-state index >= 15 is 0 Å². The van der Waals surface area contributed by atoms with Crippen LogP contribution in [0.15, 0.2) is 48.6 Å². The molecular formula is C42H74O12S. The number of aliphatic hydroxyl groups is 3. The van der Waals surface area contributed by atoms with Crippen LogP contribution in [0.25, 0.3) is 0 Å². The minimum Gasteiger partial charge on any atom is -0.457 e. The molecule has 4 N–H and O–H groups in total. The van der Waals surface area contributed by atoms with Gasteiger partial charge in [0, 0.05) is 13.0 Å². The molecule has 1 saturated heterocycles. The van der Waals surface area contributed by atoms with Crippen molar-refractivity contribution in [3.8, 4) is 0 Å². The van der Waals surface area contributed by atoms with E-state index in [1.165, 1.54) is 38.5 Å². The van der Waals surface area contributed by atoms with Crippen molar-refractivity contribution in [2.75, 3.05) is 26.4 Å². The fraction of sp³-hybridized carbons (Fsp3) is 0.786. The van der Waals surface area contributed by atoms with Crippen molar-refractivity contribution in [3.05, 3.63) is 48.6 Å². The number of hydrogen-bond acceptors (Lipinski definition) is 11. The van der Waals surface area contributed by atoms with Crippen molar-refractivity contribution in [1.29, 1.82) is 0 Å². The standard InChI is InChI=1S/C42H74O12S/c1-3-5-7-9-11-13-15-16-17-18-19-20-21-22-24-26-28-30-32-50-34-36(52-38(44)31-29-27-25-23-14-12-10-8-6-4-2)35-51-42-40(46)41(54-55(47,48)49)39(45)37(33-43)53-42/h5,7,11,13,16-17,19-20,36-37,39-43,45-46H,3-4,6,8-10,12,14-15,18,21-35H2,1-2H3,(H,47,48,49)/b7-5-,13-11-,17-16-,20-19-. The van der Waals surface area contributed by atoms with E-state index in [0.29, 0.717) is 13.0 Å². The highest BCUT2D eigenvalue weighted by atomic mass is 32.3. The van der Waals surface area contributed by atoms with E-state index < -0.39 is 59.8 Å². The SMILES string of the molecule is CC/C=C\C/C=C\C/C=C\C/C=C\CCCCCCCOCC(COC1OC(CO)C(O)C(OS(=O)(=O)O)C1O)OC(=O)CCCCCCCCCCCC. The Bertz CT molecular complexity index is 1160. The van der Waals surface area contributed by atoms with Gasteiger partial charge in [-0.25, -0.2) is 4.18 Å². The third-order valence-electron chi connectivity index (χ3n) is 9.22. The average molecular weight is 803 g/mol. The van der Waals surface area contributed by atoms with Crippen LogP contribution in [0.3, 0.4) is 0 Å². The Morgan fingerprint density at radius 3 is 1.84 bits per heavy atom. The van der Waals surface area contributed by atoms with Crippen LogP contribution in [0.4, 0.5) is 0 Å². The lowest BCUT2D eigenvalue weighted by molar-refractivity contribution is -0.301. The largest absolute Gasteiger partial charge is 0.457 e. The molecule has 6 atom stereocenters. The molecule has 0 amide bonds. The van der Waals surface area contributed by atoms with Gasteiger partial charge in [0.1, 0.15) is 30.5 Å². The second kappa shape index (κ2) is 34.1. The molecule has 0 spiro atoms. The molecule has 0 saturated carbocycles. The number of hydrogen-bond donors (Lipinski definition) is 4. The number of carbonyl (C=O) groups is 1. The zero-order valence-corrected chi connectivity index (χ0v) is 34.5. The molecule has 0 aromatic carbocycles. The Morgan fingerprint density at radius 1 is 0.709 bits per heavy atom. The predicted octanol–water partition coefficient (Wildman–Crippen LogP) is 8.02. The summed E-state index contributed by atoms with van der Waals surface area (Å²) in [7, 11) is -5.06. The van der Waals surface area contributed by atoms with Gasteiger partial charge in [0.05, 0.1) is 19.8 Å². The molecular weight excluding hydrogens is 729 g/mol. The lowest BCUT2D eigenvalue weighted by Crippen LogP contribution is -2.60. The summed E-state index contributed by atoms with van der Waals surface area (Å²) in [5.41, 5.74) is 0. The number of esters is 1. The Hall–Kier alpha value is -1.94. The quantitative estimate of drug-likeness (QED) is 0.0210. The fourth-order valence-electron chi connectivity index (χ4n) is 6.07. The number of allylic oxidation sites excluding steroid dienone is 8. The smallest absolute Gasteiger partial charge is 0.397 e. The first kappa shape index (κ1) is 51.1. The summed E-state index contributed by atoms with van der Waals surface area (Å²) in [4.78, 5) is 12.8. The van der Waals surface area contributed by atoms with Gasteiger partial charge in [-0.1, -0.05) is 140 Å². The third kappa shape index (κ3) is 28.2. The van der Waals surface area contributed by atoms with Crippen molar-refractivity contribution in [2.24, 2.45) is 0 Å². The van der Waals surface area contributed by atoms with Gasteiger partial charge in [0.25, 0.3) is 0 Å². The average Bonchev–Trinajstić information content (AvgIpc) is 3.15. The van der Waals surface area contributed by atoms with E-state index in [-0.39, 0.29) is 19.6 Å². The van der Waals surface area contributed by atoms with E-state index in [2.05, 4.69) is 66.6 Å². The Kier molecular flexibility index (Phi) is 31.7. The van der Waals surface area contributed by atoms with Crippen molar-refractivity contribution in [3.63, 3.8) is 0 Å². The Labute approximate surface area is 332 Å². The summed E-state index contributed by atoms with van der Waals surface area (Å²) in [6.45, 7) is 3.80. The number of rotatable bonds is 35. The second-order valence-electron chi connectivity index (χ2n) is 14.2. The van der Waals surface area contributed by atoms with Crippen LogP contribution in [0.5, 0.6) is 0 Å². The highest BCUT2D eigenvalue weighted by Crippen LogP contribution is 2.26. The van der Waals surface area contributed by atoms with E-state index in [1.807, 2.05) is 0 Å². The monoisotopic (exact) mass is 802 g/mol. The minimum atomic E-state index is -5.06. The maximum absolute atomic E-state index is 12.8. The molecule has 0 aromatic heterocycles. The lowest BCUT2D eigenvalue weighted by Gasteiger charge is -2.41. The predicted molar refractivity (Wildman–Crippen MR) is 216 cm³/mol. The summed E-state index contributed by atoms with van der Waals surface area (Å²) >= 11 is 0. The third-order valence-corrected chi connectivity index (χ3v) is 9.68. The van der Waals surface area contributed by atoms with Gasteiger partial charge >= 0.3 is 16.4 Å². The number of aliphatic hydroxyl groups excluding tert-OH is 3. The summed E-state index contributed by atoms with van der Waals surface area (Å²) < 4.78 is 58.8. The van der Waals surface area contributed by atoms with Gasteiger partial charge in [-0.3, -0.25) is 9.35 Å². The Balaban J connectivity index is 2.46. The van der Waals surface area contributed by atoms with Gasteiger partial charge in [0.2, 0.25) is 0 Å². The van der Waals surface area contributed by atoms with Gasteiger partial charge in [0.15, 0.2) is 6.29 Å². The van der Waals surface area contributed by atoms with Crippen LogP contribution in [0.2, 0.25) is 0 Å². The number of ether oxygens (including phenoxy) is 4. The van der Waals surface area contributed by atoms with E-state index in [1.54, 1.807) is 0 Å². The van der Waals surface area contributed by atoms with Gasteiger partial charge < -0.3 is 34.3 Å². The molecule has 1 aliphatic heterocycles. The molecule has 6 unspecified atom stereocenters. The number of unbranched alkanes of at least 4 members (excludes halogenated alkanes) is 14. The van der Waals surface area contributed by atoms with E-state index in [0.717, 1.165) is 83.5 Å². The van der Waals surface area contributed by atoms with Gasteiger partial charge in [-0.2, -0.15) is 8.42 Å². The van der Waals surface area contributed by atoms with Gasteiger partial charge in [-0.15, -0.1) is 0 Å². The molecule has 55 heavy (non-hydrogen) atoms. The van der Waals surface area contributed by atoms with Gasteiger partial charge in [-0.05, 0) is 51.4 Å². The zero-order valence-electron chi connectivity index (χ0n) is 33.7. The van der Waals surface area contributed by atoms with Crippen molar-refractivity contribution in [2.45, 2.75) is 185 Å². The first-order valence-corrected chi connectivity index (χ1v) is 22.3. The van der Waals surface area contributed by atoms with Crippen molar-refractivity contribution < 1.29 is 56.2 Å². The molecule has 0 aliphatic carbocycles. The van der Waals surface area contributed by atoms with Crippen LogP contribution in [0.1, 0.15) is 149 Å². The molecule has 1 aliphatic rings. The molecule has 0 aromatic rings. The van der Waals surface area contributed by atoms with Crippen LogP contribution in [-0.4, -0.2) is 97.5 Å². The molecule has 1 rings (SSSR count). The molecule has 0 bridgehead atoms. The van der Waals surface area contributed by atoms with Crippen LogP contribution in [-0.2, 0) is 38.3 Å². The molecule has 320 valence electrons. The summed E-state index contributed by atoms with van der Waals surface area (Å²) in [5.74, 6) is -0.411. The Morgan fingerprint density at radius 2 is 1.25 bits per heavy atom. The first-order chi connectivity index (χ1) is 26.6. The summed E-state index contributed by atoms with van der Waals surface area (Å²) in [6, 6.07) is 0. The second-order valence-corrected chi connectivity index (χ2v) is 15.3. The van der Waals surface area contributed by atoms with Crippen LogP contribution >= 0.6 is 0 Å². The summed E-state index contributed by atoms with van der Waals surface area (Å²) in [5, 5.41) is 30.6. The lowest BCUT2D eigenvalue weighted by atomic mass is 9.99. The topological polar surface area (TPSA) is 178 Å². The highest BCUT2D eigenvalue weighted by molar-refractivity contribution is 7.80. The van der Waals surface area contributed by atoms with Crippen molar-refractivity contribution >= 4 is 16.4 Å². The van der Waals surface area contributed by atoms with Crippen molar-refractivity contribution in [1.82, 2.24) is 0 Å². The first-order valence-electron chi connectivity index (χ1n) is 20.9. The maximum Gasteiger partial charge on any atom is 0.397 e. The minimum absolute atomic E-state index is 0.0232. The molecule has 0 radical (unpaired) electrons.